The molecule has 0 bridgehead atoms. The number of hydrogen-bond acceptors (Lipinski definition) is 18. The molecule has 6 aromatic rings. The predicted octanol–water partition coefficient (Wildman–Crippen LogP) is 8.51. The van der Waals surface area contributed by atoms with Crippen molar-refractivity contribution in [1.29, 1.82) is 0 Å². The smallest absolute Gasteiger partial charge is 0.407 e. The van der Waals surface area contributed by atoms with Crippen LogP contribution in [0.1, 0.15) is 118 Å². The van der Waals surface area contributed by atoms with Crippen LogP contribution in [-0.4, -0.2) is 136 Å². The number of amides is 6. The van der Waals surface area contributed by atoms with Gasteiger partial charge in [0.25, 0.3) is 0 Å². The molecule has 0 spiro atoms. The highest BCUT2D eigenvalue weighted by molar-refractivity contribution is 5.92. The van der Waals surface area contributed by atoms with Crippen molar-refractivity contribution in [2.24, 2.45) is 0 Å². The van der Waals surface area contributed by atoms with Gasteiger partial charge in [0.05, 0.1) is 19.8 Å². The Kier molecular flexibility index (Phi) is 31.4. The number of nitrogens with one attached hydrogen (secondary N) is 6. The maximum Gasteiger partial charge on any atom is 0.407 e. The molecule has 24 heteroatoms. The molecule has 7 rings (SSSR count). The van der Waals surface area contributed by atoms with E-state index < -0.39 is 109 Å². The Balaban J connectivity index is 0.942. The summed E-state index contributed by atoms with van der Waals surface area (Å²) in [7, 11) is 0. The van der Waals surface area contributed by atoms with Crippen LogP contribution < -0.4 is 31.9 Å². The number of benzene rings is 6. The van der Waals surface area contributed by atoms with Crippen LogP contribution >= 0.6 is 0 Å². The summed E-state index contributed by atoms with van der Waals surface area (Å²) in [5, 5.41) is 16.0. The van der Waals surface area contributed by atoms with E-state index in [1.165, 1.54) is 0 Å². The van der Waals surface area contributed by atoms with Gasteiger partial charge in [-0.1, -0.05) is 170 Å². The number of ether oxygens (including phenoxy) is 8. The predicted molar refractivity (Wildman–Crippen MR) is 363 cm³/mol. The van der Waals surface area contributed by atoms with E-state index in [-0.39, 0.29) is 104 Å². The minimum Gasteiger partial charge on any atom is -0.461 e. The Morgan fingerprint density at radius 2 is 0.838 bits per heavy atom. The molecule has 99 heavy (non-hydrogen) atoms. The van der Waals surface area contributed by atoms with Gasteiger partial charge < -0.3 is 69.8 Å². The average molecular weight is 1360 g/mol. The fraction of sp³-hybridized carbons (Fsp3) is 0.387. The van der Waals surface area contributed by atoms with Gasteiger partial charge in [0.2, 0.25) is 23.6 Å². The molecule has 1 aliphatic carbocycles. The Labute approximate surface area is 576 Å². The van der Waals surface area contributed by atoms with Crippen molar-refractivity contribution in [2.75, 3.05) is 46.1 Å². The van der Waals surface area contributed by atoms with E-state index >= 15 is 0 Å². The van der Waals surface area contributed by atoms with Crippen molar-refractivity contribution in [1.82, 2.24) is 31.9 Å². The first-order valence-corrected chi connectivity index (χ1v) is 33.1. The zero-order valence-electron chi connectivity index (χ0n) is 56.0. The van der Waals surface area contributed by atoms with Gasteiger partial charge in [-0.05, 0) is 104 Å². The van der Waals surface area contributed by atoms with E-state index in [1.807, 2.05) is 60.7 Å². The molecule has 0 aliphatic heterocycles. The quantitative estimate of drug-likeness (QED) is 0.0119. The Bertz CT molecular complexity index is 3530. The highest BCUT2D eigenvalue weighted by atomic mass is 16.6. The van der Waals surface area contributed by atoms with Gasteiger partial charge in [0.1, 0.15) is 69.4 Å². The summed E-state index contributed by atoms with van der Waals surface area (Å²) < 4.78 is 44.4. The zero-order chi connectivity index (χ0) is 70.6. The minimum absolute atomic E-state index is 0.00722. The molecule has 0 saturated carbocycles. The van der Waals surface area contributed by atoms with Crippen LogP contribution in [0.15, 0.2) is 170 Å². The lowest BCUT2D eigenvalue weighted by molar-refractivity contribution is -0.151. The first-order valence-electron chi connectivity index (χ1n) is 33.1. The van der Waals surface area contributed by atoms with Crippen LogP contribution in [0.5, 0.6) is 0 Å². The van der Waals surface area contributed by atoms with Gasteiger partial charge in [-0.2, -0.15) is 0 Å². The Hall–Kier alpha value is -10.5. The molecule has 6 aromatic carbocycles. The molecule has 0 heterocycles. The van der Waals surface area contributed by atoms with E-state index in [0.717, 1.165) is 33.4 Å². The van der Waals surface area contributed by atoms with Crippen molar-refractivity contribution < 1.29 is 85.8 Å². The highest BCUT2D eigenvalue weighted by Crippen LogP contribution is 2.44. The maximum absolute atomic E-state index is 14.4. The van der Waals surface area contributed by atoms with E-state index in [4.69, 9.17) is 37.9 Å². The Morgan fingerprint density at radius 1 is 0.394 bits per heavy atom. The lowest BCUT2D eigenvalue weighted by Gasteiger charge is -2.23. The molecular formula is C75H88N6O18. The fourth-order valence-electron chi connectivity index (χ4n) is 10.4. The highest BCUT2D eigenvalue weighted by Gasteiger charge is 2.33. The van der Waals surface area contributed by atoms with E-state index in [9.17, 15) is 47.9 Å². The lowest BCUT2D eigenvalue weighted by atomic mass is 9.98. The van der Waals surface area contributed by atoms with Crippen LogP contribution in [0.3, 0.4) is 0 Å². The molecule has 24 nitrogen and oxygen atoms in total. The van der Waals surface area contributed by atoms with Crippen molar-refractivity contribution in [3.05, 3.63) is 203 Å². The Morgan fingerprint density at radius 3 is 1.35 bits per heavy atom. The molecule has 1 aliphatic rings. The maximum atomic E-state index is 14.4. The SMILES string of the molecule is CC(C)(C)OC(=O)NCCCCC(NC(=O)OCC1c2ccccc2-c2ccccc21)C(=O)NCCOCCOCC(=O)NC(CCC(=O)NC(CCC(=O)OCc1ccccc1)C(=O)OCc1ccccc1)C(=O)NC(CCC(=O)OCc1ccccc1)C(=O)OCc1ccccc1. The topological polar surface area (TPSA) is 317 Å². The van der Waals surface area contributed by atoms with E-state index in [0.29, 0.717) is 24.0 Å². The number of carbonyl (C=O) groups excluding carboxylic acids is 10. The molecular weight excluding hydrogens is 1270 g/mol. The summed E-state index contributed by atoms with van der Waals surface area (Å²) in [6.45, 7) is 4.38. The zero-order valence-corrected chi connectivity index (χ0v) is 56.0. The average Bonchev–Trinajstić information content (AvgIpc) is 1.62. The number of unbranched alkanes of at least 4 members (excludes halogenated alkanes) is 1. The summed E-state index contributed by atoms with van der Waals surface area (Å²) in [5.41, 5.74) is 6.25. The first kappa shape index (κ1) is 75.9. The summed E-state index contributed by atoms with van der Waals surface area (Å²) >= 11 is 0. The number of rotatable bonds is 40. The van der Waals surface area contributed by atoms with Gasteiger partial charge >= 0.3 is 36.1 Å². The molecule has 526 valence electrons. The van der Waals surface area contributed by atoms with Crippen molar-refractivity contribution in [3.8, 4) is 11.1 Å². The third-order valence-corrected chi connectivity index (χ3v) is 15.4. The molecule has 0 radical (unpaired) electrons. The van der Waals surface area contributed by atoms with Crippen LogP contribution in [-0.2, 0) is 103 Å². The molecule has 0 aromatic heterocycles. The van der Waals surface area contributed by atoms with Crippen LogP contribution in [0, 0.1) is 0 Å². The normalized spacial score (nSPS) is 12.7. The standard InChI is InChI=1S/C75H88N6O18/c1-75(2,3)99-73(90)77-41-21-20-34-61(81-74(91)98-50-60-58-32-18-16-30-56(58)57-31-17-19-33-59(57)60)69(86)76-42-43-92-44-45-93-51-66(83)78-62(70(87)80-64(72(89)97-49-55-28-14-7-15-29-55)37-40-68(85)95-47-53-24-10-5-11-25-53)35-38-65(82)79-63(71(88)96-48-54-26-12-6-13-27-54)36-39-67(84)94-46-52-22-8-4-9-23-52/h4-19,22-33,60-64H,20-21,34-51H2,1-3H3,(H,76,86)(H,77,90)(H,78,83)(H,79,82)(H,80,87)(H,81,91). The number of hydrogen-bond donors (Lipinski definition) is 6. The van der Waals surface area contributed by atoms with Gasteiger partial charge in [0.15, 0.2) is 0 Å². The summed E-state index contributed by atoms with van der Waals surface area (Å²) in [4.78, 5) is 135. The number of esters is 4. The second-order valence-electron chi connectivity index (χ2n) is 24.3. The third-order valence-electron chi connectivity index (χ3n) is 15.4. The second kappa shape index (κ2) is 40.9. The van der Waals surface area contributed by atoms with Gasteiger partial charge in [-0.25, -0.2) is 19.2 Å². The number of carbonyl (C=O) groups is 10. The van der Waals surface area contributed by atoms with Crippen LogP contribution in [0.4, 0.5) is 9.59 Å². The fourth-order valence-corrected chi connectivity index (χ4v) is 10.4. The lowest BCUT2D eigenvalue weighted by Crippen LogP contribution is -2.53. The molecule has 4 atom stereocenters. The molecule has 4 unspecified atom stereocenters. The largest absolute Gasteiger partial charge is 0.461 e. The van der Waals surface area contributed by atoms with Gasteiger partial charge in [-0.3, -0.25) is 28.8 Å². The third kappa shape index (κ3) is 27.9. The second-order valence-corrected chi connectivity index (χ2v) is 24.3. The minimum atomic E-state index is -1.53. The van der Waals surface area contributed by atoms with Crippen molar-refractivity contribution >= 4 is 59.7 Å². The number of alkyl carbamates (subject to hydrolysis) is 2. The monoisotopic (exact) mass is 1360 g/mol. The summed E-state index contributed by atoms with van der Waals surface area (Å²) in [6.07, 6.45) is -2.26. The van der Waals surface area contributed by atoms with Crippen LogP contribution in [0.2, 0.25) is 0 Å². The molecule has 6 N–H and O–H groups in total. The van der Waals surface area contributed by atoms with Gasteiger partial charge in [-0.15, -0.1) is 0 Å². The molecule has 0 fully saturated rings. The van der Waals surface area contributed by atoms with Gasteiger partial charge in [0, 0.05) is 38.3 Å². The van der Waals surface area contributed by atoms with E-state index in [1.54, 1.807) is 130 Å². The first-order chi connectivity index (χ1) is 47.9. The van der Waals surface area contributed by atoms with Crippen LogP contribution in [0.25, 0.3) is 11.1 Å². The van der Waals surface area contributed by atoms with Crippen molar-refractivity contribution in [2.45, 2.75) is 141 Å². The van der Waals surface area contributed by atoms with E-state index in [2.05, 4.69) is 31.9 Å². The number of fused-ring (bicyclic) bond motifs is 3. The summed E-state index contributed by atoms with van der Waals surface area (Å²) in [5.74, 6) is -6.31. The molecule has 6 amide bonds. The van der Waals surface area contributed by atoms with Crippen molar-refractivity contribution in [3.63, 3.8) is 0 Å². The summed E-state index contributed by atoms with van der Waals surface area (Å²) in [6, 6.07) is 45.9. The molecule has 0 saturated heterocycles.